The molecule has 1 amide bonds. The van der Waals surface area contributed by atoms with Gasteiger partial charge in [0.05, 0.1) is 6.54 Å². The molecular weight excluding hydrogens is 330 g/mol. The first-order chi connectivity index (χ1) is 12.6. The van der Waals surface area contributed by atoms with Crippen molar-refractivity contribution in [3.05, 3.63) is 47.8 Å². The van der Waals surface area contributed by atoms with Gasteiger partial charge in [0.15, 0.2) is 6.61 Å². The summed E-state index contributed by atoms with van der Waals surface area (Å²) in [4.78, 5) is 22.7. The molecule has 0 spiro atoms. The molecule has 1 unspecified atom stereocenters. The van der Waals surface area contributed by atoms with E-state index in [1.165, 1.54) is 0 Å². The minimum absolute atomic E-state index is 0.0259. The van der Waals surface area contributed by atoms with Gasteiger partial charge in [-0.15, -0.1) is 0 Å². The van der Waals surface area contributed by atoms with Crippen LogP contribution in [0.5, 0.6) is 11.8 Å². The highest BCUT2D eigenvalue weighted by Crippen LogP contribution is 2.17. The Labute approximate surface area is 154 Å². The third-order valence-electron chi connectivity index (χ3n) is 4.44. The van der Waals surface area contributed by atoms with Gasteiger partial charge in [0.2, 0.25) is 0 Å². The molecular formula is C20H25N3O3. The molecule has 0 radical (unpaired) electrons. The van der Waals surface area contributed by atoms with E-state index in [1.807, 2.05) is 31.2 Å². The van der Waals surface area contributed by atoms with Crippen molar-refractivity contribution in [1.82, 2.24) is 14.9 Å². The summed E-state index contributed by atoms with van der Waals surface area (Å²) >= 11 is 0. The Balaban J connectivity index is 1.51. The fraction of sp³-hybridized carbons (Fsp3) is 0.450. The Morgan fingerprint density at radius 2 is 2.12 bits per heavy atom. The number of ether oxygens (including phenoxy) is 2. The molecule has 1 aliphatic heterocycles. The first-order valence-corrected chi connectivity index (χ1v) is 9.09. The third kappa shape index (κ3) is 4.94. The van der Waals surface area contributed by atoms with Gasteiger partial charge in [0, 0.05) is 18.9 Å². The molecule has 3 rings (SSSR count). The van der Waals surface area contributed by atoms with Crippen molar-refractivity contribution in [3.8, 4) is 11.8 Å². The molecule has 138 valence electrons. The van der Waals surface area contributed by atoms with E-state index in [1.54, 1.807) is 17.3 Å². The van der Waals surface area contributed by atoms with Crippen molar-refractivity contribution < 1.29 is 14.3 Å². The highest BCUT2D eigenvalue weighted by atomic mass is 16.5. The molecule has 0 bridgehead atoms. The molecule has 26 heavy (non-hydrogen) atoms. The number of nitrogens with zero attached hydrogens (tertiary/aromatic N) is 3. The van der Waals surface area contributed by atoms with Gasteiger partial charge in [-0.3, -0.25) is 4.79 Å². The van der Waals surface area contributed by atoms with E-state index in [4.69, 9.17) is 9.47 Å². The first kappa shape index (κ1) is 18.2. The molecule has 1 saturated heterocycles. The van der Waals surface area contributed by atoms with Gasteiger partial charge in [-0.2, -0.15) is 0 Å². The smallest absolute Gasteiger partial charge is 0.316 e. The summed E-state index contributed by atoms with van der Waals surface area (Å²) in [5.74, 6) is 0.689. The molecule has 6 heteroatoms. The van der Waals surface area contributed by atoms with Crippen LogP contribution in [0, 0.1) is 6.92 Å². The number of benzene rings is 1. The van der Waals surface area contributed by atoms with Gasteiger partial charge in [-0.1, -0.05) is 19.1 Å². The van der Waals surface area contributed by atoms with E-state index in [9.17, 15) is 4.79 Å². The predicted octanol–water partition coefficient (Wildman–Crippen LogP) is 2.80. The average molecular weight is 355 g/mol. The van der Waals surface area contributed by atoms with E-state index >= 15 is 0 Å². The minimum Gasteiger partial charge on any atom is -0.484 e. The van der Waals surface area contributed by atoms with Crippen molar-refractivity contribution >= 4 is 5.91 Å². The zero-order chi connectivity index (χ0) is 18.4. The SMILES string of the molecule is CCc1cnc(OC2CCCN(C(=O)COc3cccc(C)c3)C2)nc1. The summed E-state index contributed by atoms with van der Waals surface area (Å²) in [7, 11) is 0. The van der Waals surface area contributed by atoms with Gasteiger partial charge < -0.3 is 14.4 Å². The average Bonchev–Trinajstić information content (AvgIpc) is 2.67. The second-order valence-electron chi connectivity index (χ2n) is 6.55. The molecule has 1 aromatic heterocycles. The Kier molecular flexibility index (Phi) is 6.04. The number of aromatic nitrogens is 2. The highest BCUT2D eigenvalue weighted by molar-refractivity contribution is 5.77. The Morgan fingerprint density at radius 1 is 1.31 bits per heavy atom. The van der Waals surface area contributed by atoms with Crippen molar-refractivity contribution in [3.63, 3.8) is 0 Å². The zero-order valence-corrected chi connectivity index (χ0v) is 15.4. The number of carbonyl (C=O) groups is 1. The lowest BCUT2D eigenvalue weighted by molar-refractivity contribution is -0.136. The number of aryl methyl sites for hydroxylation is 2. The van der Waals surface area contributed by atoms with E-state index < -0.39 is 0 Å². The quantitative estimate of drug-likeness (QED) is 0.797. The normalized spacial score (nSPS) is 17.0. The highest BCUT2D eigenvalue weighted by Gasteiger charge is 2.25. The Morgan fingerprint density at radius 3 is 2.85 bits per heavy atom. The fourth-order valence-electron chi connectivity index (χ4n) is 2.94. The summed E-state index contributed by atoms with van der Waals surface area (Å²) in [5, 5.41) is 0. The second kappa shape index (κ2) is 8.65. The molecule has 0 N–H and O–H groups in total. The number of hydrogen-bond donors (Lipinski definition) is 0. The summed E-state index contributed by atoms with van der Waals surface area (Å²) in [6, 6.07) is 8.07. The summed E-state index contributed by atoms with van der Waals surface area (Å²) < 4.78 is 11.5. The molecule has 0 saturated carbocycles. The molecule has 0 aliphatic carbocycles. The molecule has 1 fully saturated rings. The fourth-order valence-corrected chi connectivity index (χ4v) is 2.94. The van der Waals surface area contributed by atoms with Crippen LogP contribution in [-0.2, 0) is 11.2 Å². The maximum atomic E-state index is 12.5. The van der Waals surface area contributed by atoms with Crippen LogP contribution in [0.15, 0.2) is 36.7 Å². The Hall–Kier alpha value is -2.63. The van der Waals surface area contributed by atoms with Crippen molar-refractivity contribution in [2.24, 2.45) is 0 Å². The molecule has 2 aromatic rings. The van der Waals surface area contributed by atoms with E-state index in [0.717, 1.165) is 36.9 Å². The van der Waals surface area contributed by atoms with Crippen LogP contribution in [-0.4, -0.2) is 46.6 Å². The number of rotatable bonds is 6. The van der Waals surface area contributed by atoms with Gasteiger partial charge in [-0.05, 0) is 49.4 Å². The van der Waals surface area contributed by atoms with Crippen LogP contribution in [0.2, 0.25) is 0 Å². The van der Waals surface area contributed by atoms with Gasteiger partial charge in [-0.25, -0.2) is 9.97 Å². The molecule has 2 heterocycles. The molecule has 1 aliphatic rings. The summed E-state index contributed by atoms with van der Waals surface area (Å²) in [5.41, 5.74) is 2.18. The van der Waals surface area contributed by atoms with Crippen LogP contribution >= 0.6 is 0 Å². The maximum absolute atomic E-state index is 12.5. The number of hydrogen-bond acceptors (Lipinski definition) is 5. The topological polar surface area (TPSA) is 64.5 Å². The van der Waals surface area contributed by atoms with Crippen molar-refractivity contribution in [1.29, 1.82) is 0 Å². The van der Waals surface area contributed by atoms with Crippen LogP contribution < -0.4 is 9.47 Å². The van der Waals surface area contributed by atoms with E-state index in [2.05, 4.69) is 16.9 Å². The monoisotopic (exact) mass is 355 g/mol. The number of piperidine rings is 1. The lowest BCUT2D eigenvalue weighted by Crippen LogP contribution is -2.46. The van der Waals surface area contributed by atoms with Gasteiger partial charge >= 0.3 is 6.01 Å². The minimum atomic E-state index is -0.0841. The Bertz CT molecular complexity index is 733. The van der Waals surface area contributed by atoms with Gasteiger partial charge in [0.1, 0.15) is 11.9 Å². The van der Waals surface area contributed by atoms with Crippen LogP contribution in [0.1, 0.15) is 30.9 Å². The van der Waals surface area contributed by atoms with Gasteiger partial charge in [0.25, 0.3) is 5.91 Å². The van der Waals surface area contributed by atoms with E-state index in [0.29, 0.717) is 18.3 Å². The lowest BCUT2D eigenvalue weighted by Gasteiger charge is -2.32. The third-order valence-corrected chi connectivity index (χ3v) is 4.44. The van der Waals surface area contributed by atoms with Crippen molar-refractivity contribution in [2.75, 3.05) is 19.7 Å². The zero-order valence-electron chi connectivity index (χ0n) is 15.4. The van der Waals surface area contributed by atoms with E-state index in [-0.39, 0.29) is 18.6 Å². The van der Waals surface area contributed by atoms with Crippen molar-refractivity contribution in [2.45, 2.75) is 39.2 Å². The maximum Gasteiger partial charge on any atom is 0.316 e. The molecule has 1 atom stereocenters. The standard InChI is InChI=1S/C20H25N3O3/c1-3-16-11-21-20(22-12-16)26-18-8-5-9-23(13-18)19(24)14-25-17-7-4-6-15(2)10-17/h4,6-7,10-12,18H,3,5,8-9,13-14H2,1-2H3. The summed E-state index contributed by atoms with van der Waals surface area (Å²) in [6.07, 6.45) is 6.16. The van der Waals surface area contributed by atoms with Crippen LogP contribution in [0.25, 0.3) is 0 Å². The number of likely N-dealkylation sites (tertiary alicyclic amines) is 1. The predicted molar refractivity (Wildman–Crippen MR) is 98.3 cm³/mol. The number of carbonyl (C=O) groups excluding carboxylic acids is 1. The first-order valence-electron chi connectivity index (χ1n) is 9.09. The largest absolute Gasteiger partial charge is 0.484 e. The second-order valence-corrected chi connectivity index (χ2v) is 6.55. The molecule has 6 nitrogen and oxygen atoms in total. The number of amides is 1. The van der Waals surface area contributed by atoms with Crippen LogP contribution in [0.3, 0.4) is 0 Å². The molecule has 1 aromatic carbocycles. The van der Waals surface area contributed by atoms with Crippen LogP contribution in [0.4, 0.5) is 0 Å². The summed E-state index contributed by atoms with van der Waals surface area (Å²) in [6.45, 7) is 5.36. The lowest BCUT2D eigenvalue weighted by atomic mass is 10.1.